The lowest BCUT2D eigenvalue weighted by Gasteiger charge is -2.00. The first-order chi connectivity index (χ1) is 5.61. The van der Waals surface area contributed by atoms with Gasteiger partial charge in [-0.25, -0.2) is 8.78 Å². The van der Waals surface area contributed by atoms with Crippen LogP contribution >= 0.6 is 0 Å². The molecule has 0 aromatic heterocycles. The molecule has 3 heteroatoms. The van der Waals surface area contributed by atoms with Crippen molar-refractivity contribution in [2.75, 3.05) is 0 Å². The number of halogens is 2. The number of hydrogen-bond acceptors (Lipinski definition) is 1. The van der Waals surface area contributed by atoms with Crippen molar-refractivity contribution in [3.8, 4) is 0 Å². The van der Waals surface area contributed by atoms with E-state index >= 15 is 0 Å². The fraction of sp³-hybridized carbons (Fsp3) is 0.222. The Morgan fingerprint density at radius 2 is 1.92 bits per heavy atom. The van der Waals surface area contributed by atoms with Crippen molar-refractivity contribution in [3.63, 3.8) is 0 Å². The van der Waals surface area contributed by atoms with Crippen molar-refractivity contribution in [2.24, 2.45) is 0 Å². The van der Waals surface area contributed by atoms with Crippen LogP contribution in [0.1, 0.15) is 12.5 Å². The largest absolute Gasteiger partial charge is 0.300 e. The van der Waals surface area contributed by atoms with E-state index in [9.17, 15) is 13.6 Å². The summed E-state index contributed by atoms with van der Waals surface area (Å²) in [5.74, 6) is -1.70. The monoisotopic (exact) mass is 169 g/mol. The van der Waals surface area contributed by atoms with E-state index in [2.05, 4.69) is 6.07 Å². The van der Waals surface area contributed by atoms with Crippen LogP contribution in [0.15, 0.2) is 12.1 Å². The SMILES string of the molecule is CC(=O)Cc1c(F)c[c]cc1F. The minimum atomic E-state index is -0.717. The topological polar surface area (TPSA) is 17.1 Å². The summed E-state index contributed by atoms with van der Waals surface area (Å²) in [7, 11) is 0. The van der Waals surface area contributed by atoms with Gasteiger partial charge in [-0.2, -0.15) is 0 Å². The van der Waals surface area contributed by atoms with Crippen LogP contribution in [0.2, 0.25) is 0 Å². The van der Waals surface area contributed by atoms with Crippen LogP contribution in [0.4, 0.5) is 8.78 Å². The summed E-state index contributed by atoms with van der Waals surface area (Å²) in [6, 6.07) is 4.31. The third kappa shape index (κ3) is 1.87. The van der Waals surface area contributed by atoms with E-state index in [0.29, 0.717) is 0 Å². The molecule has 1 rings (SSSR count). The summed E-state index contributed by atoms with van der Waals surface area (Å²) in [6.45, 7) is 1.29. The Morgan fingerprint density at radius 1 is 1.42 bits per heavy atom. The second kappa shape index (κ2) is 3.43. The highest BCUT2D eigenvalue weighted by Crippen LogP contribution is 2.12. The molecule has 0 aliphatic heterocycles. The van der Waals surface area contributed by atoms with Crippen LogP contribution in [0.5, 0.6) is 0 Å². The Morgan fingerprint density at radius 3 is 2.33 bits per heavy atom. The number of carbonyl (C=O) groups excluding carboxylic acids is 1. The molecule has 0 heterocycles. The van der Waals surface area contributed by atoms with Gasteiger partial charge in [-0.15, -0.1) is 0 Å². The van der Waals surface area contributed by atoms with Crippen LogP contribution in [0.25, 0.3) is 0 Å². The Hall–Kier alpha value is -1.25. The van der Waals surface area contributed by atoms with Gasteiger partial charge in [0.25, 0.3) is 0 Å². The maximum atomic E-state index is 12.8. The first-order valence-electron chi connectivity index (χ1n) is 3.44. The standard InChI is InChI=1S/C9H7F2O/c1-6(12)5-7-8(10)3-2-4-9(7)11/h3-4H,5H2,1H3. The van der Waals surface area contributed by atoms with E-state index in [4.69, 9.17) is 0 Å². The van der Waals surface area contributed by atoms with E-state index in [1.54, 1.807) is 0 Å². The zero-order chi connectivity index (χ0) is 9.14. The van der Waals surface area contributed by atoms with Crippen LogP contribution in [-0.4, -0.2) is 5.78 Å². The lowest BCUT2D eigenvalue weighted by Crippen LogP contribution is -2.02. The summed E-state index contributed by atoms with van der Waals surface area (Å²) in [5.41, 5.74) is -0.179. The predicted molar refractivity (Wildman–Crippen MR) is 39.6 cm³/mol. The van der Waals surface area contributed by atoms with Gasteiger partial charge in [0.05, 0.1) is 0 Å². The summed E-state index contributed by atoms with van der Waals surface area (Å²) in [5, 5.41) is 0. The molecule has 1 radical (unpaired) electrons. The van der Waals surface area contributed by atoms with Crippen molar-refractivity contribution in [1.82, 2.24) is 0 Å². The van der Waals surface area contributed by atoms with E-state index in [1.807, 2.05) is 0 Å². The highest BCUT2D eigenvalue weighted by atomic mass is 19.1. The minimum Gasteiger partial charge on any atom is -0.300 e. The van der Waals surface area contributed by atoms with Gasteiger partial charge in [0.1, 0.15) is 17.4 Å². The molecule has 0 aliphatic rings. The normalized spacial score (nSPS) is 9.92. The second-order valence-electron chi connectivity index (χ2n) is 2.51. The third-order valence-electron chi connectivity index (χ3n) is 1.42. The van der Waals surface area contributed by atoms with Crippen molar-refractivity contribution in [1.29, 1.82) is 0 Å². The first-order valence-corrected chi connectivity index (χ1v) is 3.44. The maximum Gasteiger partial charge on any atom is 0.134 e. The molecule has 0 saturated heterocycles. The molecular formula is C9H7F2O. The summed E-state index contributed by atoms with van der Waals surface area (Å²) in [4.78, 5) is 10.6. The minimum absolute atomic E-state index is 0.179. The number of hydrogen-bond donors (Lipinski definition) is 0. The molecule has 0 aliphatic carbocycles. The zero-order valence-electron chi connectivity index (χ0n) is 6.53. The number of Topliss-reactive ketones (excluding diaryl/α,β-unsaturated/α-hetero) is 1. The Balaban J connectivity index is 3.04. The lowest BCUT2D eigenvalue weighted by molar-refractivity contribution is -0.116. The second-order valence-corrected chi connectivity index (χ2v) is 2.51. The Labute approximate surface area is 69.0 Å². The fourth-order valence-corrected chi connectivity index (χ4v) is 0.894. The number of rotatable bonds is 2. The van der Waals surface area contributed by atoms with Gasteiger partial charge in [0.15, 0.2) is 0 Å². The predicted octanol–water partition coefficient (Wildman–Crippen LogP) is 1.90. The van der Waals surface area contributed by atoms with Gasteiger partial charge in [0.2, 0.25) is 0 Å². The van der Waals surface area contributed by atoms with Crippen LogP contribution in [-0.2, 0) is 11.2 Å². The van der Waals surface area contributed by atoms with Crippen LogP contribution in [0, 0.1) is 17.7 Å². The molecule has 12 heavy (non-hydrogen) atoms. The van der Waals surface area contributed by atoms with Gasteiger partial charge in [0, 0.05) is 12.0 Å². The number of benzene rings is 1. The van der Waals surface area contributed by atoms with Gasteiger partial charge >= 0.3 is 0 Å². The maximum absolute atomic E-state index is 12.8. The Bertz CT molecular complexity index is 287. The average molecular weight is 169 g/mol. The number of ketones is 1. The smallest absolute Gasteiger partial charge is 0.134 e. The first kappa shape index (κ1) is 8.84. The molecule has 1 nitrogen and oxygen atoms in total. The summed E-state index contributed by atoms with van der Waals surface area (Å²) < 4.78 is 25.6. The molecule has 0 atom stereocenters. The molecule has 0 amide bonds. The van der Waals surface area contributed by atoms with Crippen LogP contribution < -0.4 is 0 Å². The highest BCUT2D eigenvalue weighted by Gasteiger charge is 2.09. The van der Waals surface area contributed by atoms with Gasteiger partial charge in [-0.1, -0.05) is 0 Å². The fourth-order valence-electron chi connectivity index (χ4n) is 0.894. The van der Waals surface area contributed by atoms with E-state index in [1.165, 1.54) is 6.92 Å². The van der Waals surface area contributed by atoms with Gasteiger partial charge < -0.3 is 0 Å². The molecule has 0 saturated carbocycles. The summed E-state index contributed by atoms with van der Waals surface area (Å²) in [6.07, 6.45) is -0.202. The zero-order valence-corrected chi connectivity index (χ0v) is 6.53. The molecule has 0 fully saturated rings. The molecule has 0 spiro atoms. The van der Waals surface area contributed by atoms with E-state index in [0.717, 1.165) is 12.1 Å². The third-order valence-corrected chi connectivity index (χ3v) is 1.42. The quantitative estimate of drug-likeness (QED) is 0.660. The van der Waals surface area contributed by atoms with Crippen molar-refractivity contribution < 1.29 is 13.6 Å². The van der Waals surface area contributed by atoms with E-state index in [-0.39, 0.29) is 17.8 Å². The Kier molecular flexibility index (Phi) is 2.53. The van der Waals surface area contributed by atoms with Gasteiger partial charge in [-0.3, -0.25) is 4.79 Å². The molecule has 0 bridgehead atoms. The highest BCUT2D eigenvalue weighted by molar-refractivity contribution is 5.78. The molecule has 63 valence electrons. The van der Waals surface area contributed by atoms with Crippen LogP contribution in [0.3, 0.4) is 0 Å². The molecule has 0 N–H and O–H groups in total. The molecular weight excluding hydrogens is 162 g/mol. The molecule has 1 aromatic carbocycles. The molecule has 1 aromatic rings. The summed E-state index contributed by atoms with van der Waals surface area (Å²) >= 11 is 0. The lowest BCUT2D eigenvalue weighted by atomic mass is 10.1. The number of carbonyl (C=O) groups is 1. The average Bonchev–Trinajstić information content (AvgIpc) is 1.97. The van der Waals surface area contributed by atoms with Crippen molar-refractivity contribution >= 4 is 5.78 Å². The van der Waals surface area contributed by atoms with Crippen molar-refractivity contribution in [3.05, 3.63) is 35.4 Å². The van der Waals surface area contributed by atoms with Gasteiger partial charge in [-0.05, 0) is 25.1 Å². The van der Waals surface area contributed by atoms with E-state index < -0.39 is 11.6 Å². The molecule has 0 unspecified atom stereocenters. The van der Waals surface area contributed by atoms with Crippen molar-refractivity contribution in [2.45, 2.75) is 13.3 Å².